The predicted octanol–water partition coefficient (Wildman–Crippen LogP) is 3.65. The number of para-hydroxylation sites is 1. The molecule has 1 aliphatic heterocycles. The SMILES string of the molecule is CCOC(=O)C1=C(C)N=c2sc(=Cc3c(C)[nH]c4ccccc34)c(=O)n2C1c1ccc(N(C)C)cc1. The summed E-state index contributed by atoms with van der Waals surface area (Å²) in [6.45, 7) is 5.81. The molecule has 0 saturated heterocycles. The number of aromatic nitrogens is 2. The lowest BCUT2D eigenvalue weighted by molar-refractivity contribution is -0.139. The van der Waals surface area contributed by atoms with Crippen molar-refractivity contribution in [2.45, 2.75) is 26.8 Å². The molecular weight excluding hydrogens is 472 g/mol. The van der Waals surface area contributed by atoms with E-state index < -0.39 is 12.0 Å². The van der Waals surface area contributed by atoms with Crippen LogP contribution in [0.4, 0.5) is 5.69 Å². The quantitative estimate of drug-likeness (QED) is 0.424. The Hall–Kier alpha value is -3.91. The summed E-state index contributed by atoms with van der Waals surface area (Å²) in [7, 11) is 3.94. The second kappa shape index (κ2) is 9.28. The Morgan fingerprint density at radius 2 is 1.89 bits per heavy atom. The van der Waals surface area contributed by atoms with E-state index in [2.05, 4.69) is 9.98 Å². The minimum Gasteiger partial charge on any atom is -0.463 e. The van der Waals surface area contributed by atoms with Crippen LogP contribution in [-0.2, 0) is 9.53 Å². The van der Waals surface area contributed by atoms with Crippen molar-refractivity contribution >= 4 is 40.0 Å². The smallest absolute Gasteiger partial charge is 0.338 e. The number of anilines is 1. The van der Waals surface area contributed by atoms with Gasteiger partial charge in [-0.3, -0.25) is 9.36 Å². The van der Waals surface area contributed by atoms with Gasteiger partial charge in [0, 0.05) is 41.9 Å². The lowest BCUT2D eigenvalue weighted by atomic mass is 9.95. The molecule has 36 heavy (non-hydrogen) atoms. The van der Waals surface area contributed by atoms with Crippen molar-refractivity contribution in [2.75, 3.05) is 25.6 Å². The number of H-pyrrole nitrogens is 1. The number of rotatable bonds is 5. The highest BCUT2D eigenvalue weighted by atomic mass is 32.1. The van der Waals surface area contributed by atoms with Gasteiger partial charge in [0.2, 0.25) is 0 Å². The van der Waals surface area contributed by atoms with E-state index in [9.17, 15) is 9.59 Å². The largest absolute Gasteiger partial charge is 0.463 e. The molecule has 0 aliphatic carbocycles. The summed E-state index contributed by atoms with van der Waals surface area (Å²) in [5.41, 5.74) is 5.61. The molecule has 0 radical (unpaired) electrons. The molecule has 4 aromatic rings. The van der Waals surface area contributed by atoms with Crippen LogP contribution in [-0.4, -0.2) is 36.2 Å². The Balaban J connectivity index is 1.74. The first-order valence-corrected chi connectivity index (χ1v) is 12.7. The highest BCUT2D eigenvalue weighted by Crippen LogP contribution is 2.31. The van der Waals surface area contributed by atoms with Crippen LogP contribution in [0.5, 0.6) is 0 Å². The van der Waals surface area contributed by atoms with Crippen LogP contribution in [0.25, 0.3) is 17.0 Å². The van der Waals surface area contributed by atoms with Gasteiger partial charge in [0.1, 0.15) is 0 Å². The van der Waals surface area contributed by atoms with E-state index in [0.717, 1.165) is 33.4 Å². The van der Waals surface area contributed by atoms with E-state index >= 15 is 0 Å². The lowest BCUT2D eigenvalue weighted by Gasteiger charge is -2.25. The highest BCUT2D eigenvalue weighted by molar-refractivity contribution is 7.07. The number of thiazole rings is 1. The molecule has 1 unspecified atom stereocenters. The number of allylic oxidation sites excluding steroid dienone is 1. The summed E-state index contributed by atoms with van der Waals surface area (Å²) in [5.74, 6) is -0.456. The molecule has 1 aliphatic rings. The molecule has 8 heteroatoms. The van der Waals surface area contributed by atoms with Crippen LogP contribution in [0.3, 0.4) is 0 Å². The van der Waals surface area contributed by atoms with Gasteiger partial charge in [0.25, 0.3) is 5.56 Å². The van der Waals surface area contributed by atoms with Gasteiger partial charge in [-0.1, -0.05) is 41.7 Å². The van der Waals surface area contributed by atoms with Gasteiger partial charge >= 0.3 is 5.97 Å². The van der Waals surface area contributed by atoms with Crippen molar-refractivity contribution in [3.8, 4) is 0 Å². The van der Waals surface area contributed by atoms with E-state index in [0.29, 0.717) is 20.6 Å². The van der Waals surface area contributed by atoms with Crippen molar-refractivity contribution in [3.63, 3.8) is 0 Å². The van der Waals surface area contributed by atoms with E-state index in [4.69, 9.17) is 4.74 Å². The van der Waals surface area contributed by atoms with Gasteiger partial charge in [-0.05, 0) is 50.6 Å². The first-order valence-electron chi connectivity index (χ1n) is 11.8. The number of ether oxygens (including phenoxy) is 1. The Bertz CT molecular complexity index is 1690. The molecule has 0 amide bonds. The second-order valence-electron chi connectivity index (χ2n) is 9.00. The fourth-order valence-electron chi connectivity index (χ4n) is 4.68. The van der Waals surface area contributed by atoms with E-state index in [1.165, 1.54) is 11.3 Å². The summed E-state index contributed by atoms with van der Waals surface area (Å²) < 4.78 is 7.58. The van der Waals surface area contributed by atoms with Gasteiger partial charge in [0.15, 0.2) is 4.80 Å². The number of carbonyl (C=O) groups is 1. The second-order valence-corrected chi connectivity index (χ2v) is 10.0. The first kappa shape index (κ1) is 23.8. The van der Waals surface area contributed by atoms with Crippen LogP contribution in [0, 0.1) is 6.92 Å². The standard InChI is InChI=1S/C28H28N4O3S/c1-6-35-27(34)24-17(3)30-28-32(25(24)18-11-13-19(14-12-18)31(4)5)26(33)23(36-28)15-21-16(2)29-22-10-8-7-9-20(21)22/h7-15,25,29H,6H2,1-5H3. The van der Waals surface area contributed by atoms with Crippen molar-refractivity contribution in [1.82, 2.24) is 9.55 Å². The topological polar surface area (TPSA) is 79.7 Å². The molecule has 1 N–H and O–H groups in total. The van der Waals surface area contributed by atoms with Crippen LogP contribution in [0.15, 0.2) is 69.6 Å². The van der Waals surface area contributed by atoms with Crippen LogP contribution in [0.1, 0.15) is 36.7 Å². The molecule has 2 aromatic heterocycles. The molecular formula is C28H28N4O3S. The summed E-state index contributed by atoms with van der Waals surface area (Å²) in [4.78, 5) is 37.6. The van der Waals surface area contributed by atoms with Crippen LogP contribution < -0.4 is 19.8 Å². The predicted molar refractivity (Wildman–Crippen MR) is 144 cm³/mol. The number of nitrogens with zero attached hydrogens (tertiary/aromatic N) is 3. The number of esters is 1. The molecule has 7 nitrogen and oxygen atoms in total. The van der Waals surface area contributed by atoms with Gasteiger partial charge in [-0.25, -0.2) is 9.79 Å². The Labute approximate surface area is 212 Å². The zero-order valence-electron chi connectivity index (χ0n) is 21.0. The monoisotopic (exact) mass is 500 g/mol. The lowest BCUT2D eigenvalue weighted by Crippen LogP contribution is -2.40. The molecule has 5 rings (SSSR count). The van der Waals surface area contributed by atoms with Crippen molar-refractivity contribution in [2.24, 2.45) is 4.99 Å². The van der Waals surface area contributed by atoms with E-state index in [-0.39, 0.29) is 12.2 Å². The minimum atomic E-state index is -0.622. The maximum absolute atomic E-state index is 13.9. The summed E-state index contributed by atoms with van der Waals surface area (Å²) in [5, 5.41) is 1.06. The maximum Gasteiger partial charge on any atom is 0.338 e. The molecule has 2 aromatic carbocycles. The van der Waals surface area contributed by atoms with E-state index in [1.807, 2.05) is 80.5 Å². The first-order chi connectivity index (χ1) is 17.3. The summed E-state index contributed by atoms with van der Waals surface area (Å²) in [6, 6.07) is 15.3. The third-order valence-corrected chi connectivity index (χ3v) is 7.44. The fourth-order valence-corrected chi connectivity index (χ4v) is 5.71. The van der Waals surface area contributed by atoms with Crippen LogP contribution in [0.2, 0.25) is 0 Å². The Morgan fingerprint density at radius 3 is 2.58 bits per heavy atom. The van der Waals surface area contributed by atoms with E-state index in [1.54, 1.807) is 18.4 Å². The van der Waals surface area contributed by atoms with Crippen LogP contribution >= 0.6 is 11.3 Å². The third-order valence-electron chi connectivity index (χ3n) is 6.46. The minimum absolute atomic E-state index is 0.181. The zero-order valence-corrected chi connectivity index (χ0v) is 21.8. The van der Waals surface area contributed by atoms with Crippen molar-refractivity contribution < 1.29 is 9.53 Å². The van der Waals surface area contributed by atoms with Gasteiger partial charge in [0.05, 0.1) is 28.5 Å². The molecule has 0 bridgehead atoms. The Kier molecular flexibility index (Phi) is 6.14. The average Bonchev–Trinajstić information content (AvgIpc) is 3.34. The molecule has 0 saturated carbocycles. The van der Waals surface area contributed by atoms with Crippen molar-refractivity contribution in [3.05, 3.63) is 96.3 Å². The van der Waals surface area contributed by atoms with Gasteiger partial charge in [-0.2, -0.15) is 0 Å². The molecule has 1 atom stereocenters. The number of benzene rings is 2. The molecule has 3 heterocycles. The number of carbonyl (C=O) groups excluding carboxylic acids is 1. The number of hydrogen-bond donors (Lipinski definition) is 1. The summed E-state index contributed by atoms with van der Waals surface area (Å²) in [6.07, 6.45) is 1.92. The molecule has 0 fully saturated rings. The number of hydrogen-bond acceptors (Lipinski definition) is 6. The number of nitrogens with one attached hydrogen (secondary N) is 1. The maximum atomic E-state index is 13.9. The third kappa shape index (κ3) is 3.97. The van der Waals surface area contributed by atoms with Gasteiger partial charge < -0.3 is 14.6 Å². The zero-order chi connectivity index (χ0) is 25.6. The van der Waals surface area contributed by atoms with Crippen molar-refractivity contribution in [1.29, 1.82) is 0 Å². The number of fused-ring (bicyclic) bond motifs is 2. The molecule has 184 valence electrons. The Morgan fingerprint density at radius 1 is 1.17 bits per heavy atom. The molecule has 0 spiro atoms. The van der Waals surface area contributed by atoms with Gasteiger partial charge in [-0.15, -0.1) is 0 Å². The fraction of sp³-hybridized carbons (Fsp3) is 0.250. The summed E-state index contributed by atoms with van der Waals surface area (Å²) >= 11 is 1.33. The number of aromatic amines is 1. The average molecular weight is 501 g/mol. The highest BCUT2D eigenvalue weighted by Gasteiger charge is 2.33. The number of aryl methyl sites for hydroxylation is 1. The normalized spacial score (nSPS) is 15.7.